The minimum Gasteiger partial charge on any atom is -0.317 e. The maximum atomic E-state index is 13.8. The number of carbonyl (C=O) groups excluding carboxylic acids is 1. The molecule has 1 aromatic heterocycles. The lowest BCUT2D eigenvalue weighted by molar-refractivity contribution is -0.122. The quantitative estimate of drug-likeness (QED) is 0.783. The smallest absolute Gasteiger partial charge is 0.245 e. The van der Waals surface area contributed by atoms with Crippen LogP contribution in [0.1, 0.15) is 19.8 Å². The summed E-state index contributed by atoms with van der Waals surface area (Å²) in [6.07, 6.45) is 3.07. The molecule has 7 heteroatoms. The standard InChI is InChI=1S/C19H22F2N4O/c1-19(22,13-6-8-23-9-7-13)18(26)25-17-5-2-12(11-24-17)15-10-14(20)3-4-16(15)21/h2-5,10-11,13,23H,6-9,22H2,1H3,(H,24,25,26). The summed E-state index contributed by atoms with van der Waals surface area (Å²) < 4.78 is 27.2. The Morgan fingerprint density at radius 3 is 2.65 bits per heavy atom. The summed E-state index contributed by atoms with van der Waals surface area (Å²) in [7, 11) is 0. The molecule has 138 valence electrons. The number of anilines is 1. The molecule has 2 aromatic rings. The van der Waals surface area contributed by atoms with E-state index in [4.69, 9.17) is 5.73 Å². The molecule has 3 rings (SSSR count). The summed E-state index contributed by atoms with van der Waals surface area (Å²) in [4.78, 5) is 16.7. The second kappa shape index (κ2) is 7.47. The molecular formula is C19H22F2N4O. The highest BCUT2D eigenvalue weighted by molar-refractivity contribution is 5.97. The lowest BCUT2D eigenvalue weighted by atomic mass is 9.79. The summed E-state index contributed by atoms with van der Waals surface area (Å²) in [6, 6.07) is 6.37. The Hall–Kier alpha value is -2.38. The zero-order valence-corrected chi connectivity index (χ0v) is 14.6. The first kappa shape index (κ1) is 18.4. The van der Waals surface area contributed by atoms with E-state index in [-0.39, 0.29) is 17.4 Å². The molecule has 1 aromatic carbocycles. The summed E-state index contributed by atoms with van der Waals surface area (Å²) in [5, 5.41) is 5.97. The summed E-state index contributed by atoms with van der Waals surface area (Å²) in [5.41, 5.74) is 5.82. The molecule has 26 heavy (non-hydrogen) atoms. The van der Waals surface area contributed by atoms with Crippen LogP contribution in [0.25, 0.3) is 11.1 Å². The van der Waals surface area contributed by atoms with Crippen LogP contribution < -0.4 is 16.4 Å². The molecule has 1 atom stereocenters. The van der Waals surface area contributed by atoms with Crippen molar-refractivity contribution in [1.82, 2.24) is 10.3 Å². The SMILES string of the molecule is CC(N)(C(=O)Nc1ccc(-c2cc(F)ccc2F)cn1)C1CCNCC1. The number of rotatable bonds is 4. The van der Waals surface area contributed by atoms with Gasteiger partial charge >= 0.3 is 0 Å². The number of hydrogen-bond acceptors (Lipinski definition) is 4. The van der Waals surface area contributed by atoms with Crippen LogP contribution in [0.4, 0.5) is 14.6 Å². The normalized spacial score (nSPS) is 17.5. The largest absolute Gasteiger partial charge is 0.317 e. The third kappa shape index (κ3) is 3.89. The third-order valence-electron chi connectivity index (χ3n) is 4.92. The van der Waals surface area contributed by atoms with Gasteiger partial charge in [-0.2, -0.15) is 0 Å². The van der Waals surface area contributed by atoms with Crippen molar-refractivity contribution in [3.63, 3.8) is 0 Å². The fraction of sp³-hybridized carbons (Fsp3) is 0.368. The number of piperidine rings is 1. The van der Waals surface area contributed by atoms with Crippen molar-refractivity contribution in [3.05, 3.63) is 48.2 Å². The van der Waals surface area contributed by atoms with Crippen molar-refractivity contribution in [2.45, 2.75) is 25.3 Å². The van der Waals surface area contributed by atoms with Crippen LogP contribution in [-0.4, -0.2) is 29.5 Å². The minimum absolute atomic E-state index is 0.0874. The molecule has 1 saturated heterocycles. The highest BCUT2D eigenvalue weighted by Gasteiger charge is 2.38. The van der Waals surface area contributed by atoms with E-state index in [1.807, 2.05) is 0 Å². The average molecular weight is 360 g/mol. The summed E-state index contributed by atoms with van der Waals surface area (Å²) in [5.74, 6) is -0.961. The van der Waals surface area contributed by atoms with Crippen LogP contribution in [0, 0.1) is 17.6 Å². The number of nitrogens with two attached hydrogens (primary N) is 1. The Labute approximate surface area is 151 Å². The monoisotopic (exact) mass is 360 g/mol. The summed E-state index contributed by atoms with van der Waals surface area (Å²) in [6.45, 7) is 3.42. The maximum absolute atomic E-state index is 13.8. The molecule has 1 aliphatic rings. The molecule has 1 amide bonds. The first-order chi connectivity index (χ1) is 12.4. The molecule has 2 heterocycles. The lowest BCUT2D eigenvalue weighted by Gasteiger charge is -2.35. The molecule has 0 spiro atoms. The molecule has 1 aliphatic heterocycles. The van der Waals surface area contributed by atoms with Gasteiger partial charge in [0.05, 0.1) is 5.54 Å². The number of aromatic nitrogens is 1. The fourth-order valence-corrected chi connectivity index (χ4v) is 3.20. The van der Waals surface area contributed by atoms with Gasteiger partial charge < -0.3 is 16.4 Å². The number of hydrogen-bond donors (Lipinski definition) is 3. The highest BCUT2D eigenvalue weighted by atomic mass is 19.1. The van der Waals surface area contributed by atoms with E-state index in [2.05, 4.69) is 15.6 Å². The van der Waals surface area contributed by atoms with Gasteiger partial charge in [-0.15, -0.1) is 0 Å². The van der Waals surface area contributed by atoms with E-state index in [0.717, 1.165) is 44.1 Å². The van der Waals surface area contributed by atoms with Crippen molar-refractivity contribution in [2.24, 2.45) is 11.7 Å². The number of pyridine rings is 1. The molecule has 0 saturated carbocycles. The van der Waals surface area contributed by atoms with Gasteiger partial charge in [0.2, 0.25) is 5.91 Å². The highest BCUT2D eigenvalue weighted by Crippen LogP contribution is 2.26. The van der Waals surface area contributed by atoms with E-state index in [1.165, 1.54) is 6.20 Å². The molecule has 4 N–H and O–H groups in total. The molecule has 1 unspecified atom stereocenters. The number of nitrogens with zero attached hydrogens (tertiary/aromatic N) is 1. The zero-order valence-electron chi connectivity index (χ0n) is 14.6. The van der Waals surface area contributed by atoms with E-state index >= 15 is 0 Å². The fourth-order valence-electron chi connectivity index (χ4n) is 3.20. The Kier molecular flexibility index (Phi) is 5.29. The van der Waals surface area contributed by atoms with Gasteiger partial charge in [0.1, 0.15) is 17.5 Å². The molecule has 0 aliphatic carbocycles. The lowest BCUT2D eigenvalue weighted by Crippen LogP contribution is -2.56. The van der Waals surface area contributed by atoms with Crippen molar-refractivity contribution in [2.75, 3.05) is 18.4 Å². The average Bonchev–Trinajstić information content (AvgIpc) is 2.65. The first-order valence-electron chi connectivity index (χ1n) is 8.60. The topological polar surface area (TPSA) is 80.0 Å². The van der Waals surface area contributed by atoms with Gasteiger partial charge in [-0.25, -0.2) is 13.8 Å². The predicted octanol–water partition coefficient (Wildman–Crippen LogP) is 2.68. The van der Waals surface area contributed by atoms with Gasteiger partial charge in [0.15, 0.2) is 0 Å². The Morgan fingerprint density at radius 1 is 1.27 bits per heavy atom. The van der Waals surface area contributed by atoms with Crippen LogP contribution in [0.2, 0.25) is 0 Å². The number of nitrogens with one attached hydrogen (secondary N) is 2. The van der Waals surface area contributed by atoms with Crippen molar-refractivity contribution < 1.29 is 13.6 Å². The maximum Gasteiger partial charge on any atom is 0.245 e. The minimum atomic E-state index is -1.00. The van der Waals surface area contributed by atoms with Gasteiger partial charge in [-0.3, -0.25) is 4.79 Å². The molecule has 0 bridgehead atoms. The molecule has 5 nitrogen and oxygen atoms in total. The molecular weight excluding hydrogens is 338 g/mol. The second-order valence-corrected chi connectivity index (χ2v) is 6.82. The van der Waals surface area contributed by atoms with Crippen molar-refractivity contribution >= 4 is 11.7 Å². The van der Waals surface area contributed by atoms with Crippen molar-refractivity contribution in [3.8, 4) is 11.1 Å². The van der Waals surface area contributed by atoms with Gasteiger partial charge in [-0.05, 0) is 69.1 Å². The van der Waals surface area contributed by atoms with Crippen LogP contribution in [0.5, 0.6) is 0 Å². The van der Waals surface area contributed by atoms with E-state index in [1.54, 1.807) is 19.1 Å². The van der Waals surface area contributed by atoms with Crippen molar-refractivity contribution in [1.29, 1.82) is 0 Å². The number of carbonyl (C=O) groups is 1. The van der Waals surface area contributed by atoms with E-state index in [0.29, 0.717) is 11.4 Å². The summed E-state index contributed by atoms with van der Waals surface area (Å²) >= 11 is 0. The van der Waals surface area contributed by atoms with Gasteiger partial charge in [-0.1, -0.05) is 0 Å². The molecule has 0 radical (unpaired) electrons. The number of amides is 1. The van der Waals surface area contributed by atoms with Gasteiger partial charge in [0, 0.05) is 17.3 Å². The number of benzene rings is 1. The number of halogens is 2. The second-order valence-electron chi connectivity index (χ2n) is 6.82. The van der Waals surface area contributed by atoms with Gasteiger partial charge in [0.25, 0.3) is 0 Å². The third-order valence-corrected chi connectivity index (χ3v) is 4.92. The van der Waals surface area contributed by atoms with Crippen LogP contribution in [-0.2, 0) is 4.79 Å². The Balaban J connectivity index is 1.72. The Morgan fingerprint density at radius 2 is 2.00 bits per heavy atom. The Bertz CT molecular complexity index is 787. The van der Waals surface area contributed by atoms with E-state index in [9.17, 15) is 13.6 Å². The van der Waals surface area contributed by atoms with Crippen LogP contribution in [0.15, 0.2) is 36.5 Å². The molecule has 1 fully saturated rings. The zero-order chi connectivity index (χ0) is 18.7. The first-order valence-corrected chi connectivity index (χ1v) is 8.60. The van der Waals surface area contributed by atoms with Crippen LogP contribution in [0.3, 0.4) is 0 Å². The van der Waals surface area contributed by atoms with Crippen LogP contribution >= 0.6 is 0 Å². The van der Waals surface area contributed by atoms with E-state index < -0.39 is 17.2 Å². The predicted molar refractivity (Wildman–Crippen MR) is 96.4 cm³/mol.